The van der Waals surface area contributed by atoms with Crippen LogP contribution in [0.2, 0.25) is 0 Å². The molecule has 1 aromatic heterocycles. The van der Waals surface area contributed by atoms with Crippen LogP contribution in [0.15, 0.2) is 60.9 Å². The molecule has 0 aliphatic carbocycles. The van der Waals surface area contributed by atoms with E-state index in [2.05, 4.69) is 20.6 Å². The number of para-hydroxylation sites is 2. The zero-order chi connectivity index (χ0) is 18.4. The van der Waals surface area contributed by atoms with E-state index in [9.17, 15) is 4.79 Å². The highest BCUT2D eigenvalue weighted by Gasteiger charge is 2.11. The maximum absolute atomic E-state index is 12.3. The lowest BCUT2D eigenvalue weighted by molar-refractivity contribution is 0.102. The summed E-state index contributed by atoms with van der Waals surface area (Å²) in [6.45, 7) is 0. The first-order valence-electron chi connectivity index (χ1n) is 7.87. The van der Waals surface area contributed by atoms with Crippen molar-refractivity contribution in [3.8, 4) is 11.5 Å². The van der Waals surface area contributed by atoms with Gasteiger partial charge < -0.3 is 20.1 Å². The smallest absolute Gasteiger partial charge is 0.275 e. The summed E-state index contributed by atoms with van der Waals surface area (Å²) in [5.41, 5.74) is 1.62. The van der Waals surface area contributed by atoms with Gasteiger partial charge in [-0.1, -0.05) is 12.1 Å². The first-order valence-corrected chi connectivity index (χ1v) is 7.87. The molecule has 1 amide bonds. The molecular formula is C19H18N4O3. The van der Waals surface area contributed by atoms with Crippen molar-refractivity contribution < 1.29 is 14.3 Å². The highest BCUT2D eigenvalue weighted by Crippen LogP contribution is 2.23. The molecule has 0 saturated carbocycles. The van der Waals surface area contributed by atoms with Crippen LogP contribution in [-0.4, -0.2) is 30.1 Å². The normalized spacial score (nSPS) is 10.1. The Morgan fingerprint density at radius 2 is 1.69 bits per heavy atom. The molecule has 2 N–H and O–H groups in total. The summed E-state index contributed by atoms with van der Waals surface area (Å²) < 4.78 is 10.3. The first kappa shape index (κ1) is 17.2. The topological polar surface area (TPSA) is 85.4 Å². The van der Waals surface area contributed by atoms with Crippen molar-refractivity contribution in [3.05, 3.63) is 66.6 Å². The summed E-state index contributed by atoms with van der Waals surface area (Å²) in [6.07, 6.45) is 2.91. The van der Waals surface area contributed by atoms with Crippen molar-refractivity contribution in [2.75, 3.05) is 24.9 Å². The molecule has 3 rings (SSSR count). The number of benzene rings is 2. The van der Waals surface area contributed by atoms with Crippen LogP contribution in [0.5, 0.6) is 11.5 Å². The summed E-state index contributed by atoms with van der Waals surface area (Å²) in [7, 11) is 3.16. The van der Waals surface area contributed by atoms with Crippen LogP contribution in [0.4, 0.5) is 17.2 Å². The van der Waals surface area contributed by atoms with Crippen LogP contribution in [0.1, 0.15) is 10.5 Å². The number of hydrogen-bond donors (Lipinski definition) is 2. The van der Waals surface area contributed by atoms with Crippen molar-refractivity contribution in [1.29, 1.82) is 0 Å². The predicted octanol–water partition coefficient (Wildman–Crippen LogP) is 3.49. The van der Waals surface area contributed by atoms with Gasteiger partial charge in [0.05, 0.1) is 32.3 Å². The molecule has 0 fully saturated rings. The molecule has 0 saturated heterocycles. The van der Waals surface area contributed by atoms with Crippen LogP contribution in [0.25, 0.3) is 0 Å². The second-order valence-electron chi connectivity index (χ2n) is 5.29. The Kier molecular flexibility index (Phi) is 5.28. The molecule has 0 aliphatic rings. The van der Waals surface area contributed by atoms with E-state index in [1.807, 2.05) is 36.4 Å². The van der Waals surface area contributed by atoms with Crippen molar-refractivity contribution >= 4 is 23.1 Å². The number of carbonyl (C=O) groups is 1. The van der Waals surface area contributed by atoms with Gasteiger partial charge in [0, 0.05) is 5.69 Å². The van der Waals surface area contributed by atoms with E-state index < -0.39 is 0 Å². The quantitative estimate of drug-likeness (QED) is 0.708. The van der Waals surface area contributed by atoms with E-state index in [0.29, 0.717) is 17.3 Å². The molecule has 0 unspecified atom stereocenters. The first-order chi connectivity index (χ1) is 12.7. The number of ether oxygens (including phenoxy) is 2. The second kappa shape index (κ2) is 7.98. The van der Waals surface area contributed by atoms with Gasteiger partial charge in [-0.05, 0) is 36.4 Å². The standard InChI is InChI=1S/C19H18N4O3/c1-25-14-9-7-13(8-10-14)22-18-12-20-16(11-21-18)19(24)23-15-5-3-4-6-17(15)26-2/h3-12H,1-2H3,(H,21,22)(H,23,24). The fourth-order valence-electron chi connectivity index (χ4n) is 2.27. The number of hydrogen-bond acceptors (Lipinski definition) is 6. The molecule has 26 heavy (non-hydrogen) atoms. The third kappa shape index (κ3) is 4.07. The lowest BCUT2D eigenvalue weighted by atomic mass is 10.3. The highest BCUT2D eigenvalue weighted by molar-refractivity contribution is 6.03. The lowest BCUT2D eigenvalue weighted by Crippen LogP contribution is -2.14. The number of aromatic nitrogens is 2. The fourth-order valence-corrected chi connectivity index (χ4v) is 2.27. The molecule has 0 radical (unpaired) electrons. The van der Waals surface area contributed by atoms with Gasteiger partial charge in [-0.15, -0.1) is 0 Å². The molecular weight excluding hydrogens is 332 g/mol. The number of anilines is 3. The number of amides is 1. The Morgan fingerprint density at radius 1 is 0.923 bits per heavy atom. The monoisotopic (exact) mass is 350 g/mol. The molecule has 2 aromatic carbocycles. The number of carbonyl (C=O) groups excluding carboxylic acids is 1. The van der Waals surface area contributed by atoms with Crippen LogP contribution in [0, 0.1) is 0 Å². The van der Waals surface area contributed by atoms with E-state index in [1.54, 1.807) is 26.4 Å². The second-order valence-corrected chi connectivity index (χ2v) is 5.29. The Bertz CT molecular complexity index is 880. The van der Waals surface area contributed by atoms with E-state index in [-0.39, 0.29) is 11.6 Å². The zero-order valence-corrected chi connectivity index (χ0v) is 14.4. The van der Waals surface area contributed by atoms with Crippen molar-refractivity contribution in [1.82, 2.24) is 9.97 Å². The average molecular weight is 350 g/mol. The number of nitrogens with one attached hydrogen (secondary N) is 2. The summed E-state index contributed by atoms with van der Waals surface area (Å²) in [5, 5.41) is 5.87. The minimum absolute atomic E-state index is 0.205. The molecule has 1 heterocycles. The van der Waals surface area contributed by atoms with Gasteiger partial charge in [0.1, 0.15) is 23.0 Å². The van der Waals surface area contributed by atoms with Crippen molar-refractivity contribution in [3.63, 3.8) is 0 Å². The third-order valence-electron chi connectivity index (χ3n) is 3.60. The number of methoxy groups -OCH3 is 2. The molecule has 0 atom stereocenters. The van der Waals surface area contributed by atoms with Crippen molar-refractivity contribution in [2.45, 2.75) is 0 Å². The maximum Gasteiger partial charge on any atom is 0.275 e. The third-order valence-corrected chi connectivity index (χ3v) is 3.60. The SMILES string of the molecule is COc1ccc(Nc2cnc(C(=O)Nc3ccccc3OC)cn2)cc1. The van der Waals surface area contributed by atoms with Gasteiger partial charge in [-0.2, -0.15) is 0 Å². The van der Waals surface area contributed by atoms with Crippen LogP contribution in [0.3, 0.4) is 0 Å². The lowest BCUT2D eigenvalue weighted by Gasteiger charge is -2.10. The maximum atomic E-state index is 12.3. The Morgan fingerprint density at radius 3 is 2.35 bits per heavy atom. The summed E-state index contributed by atoms with van der Waals surface area (Å²) in [4.78, 5) is 20.7. The van der Waals surface area contributed by atoms with Gasteiger partial charge in [-0.3, -0.25) is 4.79 Å². The fraction of sp³-hybridized carbons (Fsp3) is 0.105. The van der Waals surface area contributed by atoms with Crippen LogP contribution < -0.4 is 20.1 Å². The van der Waals surface area contributed by atoms with Gasteiger partial charge in [-0.25, -0.2) is 9.97 Å². The Labute approximate surface area is 151 Å². The largest absolute Gasteiger partial charge is 0.497 e. The average Bonchev–Trinajstić information content (AvgIpc) is 2.69. The molecule has 0 bridgehead atoms. The van der Waals surface area contributed by atoms with Gasteiger partial charge in [0.15, 0.2) is 0 Å². The zero-order valence-electron chi connectivity index (χ0n) is 14.4. The molecule has 7 heteroatoms. The van der Waals surface area contributed by atoms with Crippen LogP contribution >= 0.6 is 0 Å². The molecule has 0 spiro atoms. The summed E-state index contributed by atoms with van der Waals surface area (Å²) in [6, 6.07) is 14.6. The van der Waals surface area contributed by atoms with E-state index >= 15 is 0 Å². The van der Waals surface area contributed by atoms with E-state index in [1.165, 1.54) is 12.4 Å². The highest BCUT2D eigenvalue weighted by atomic mass is 16.5. The van der Waals surface area contributed by atoms with E-state index in [0.717, 1.165) is 11.4 Å². The molecule has 0 aliphatic heterocycles. The molecule has 3 aromatic rings. The Hall–Kier alpha value is -3.61. The number of rotatable bonds is 6. The van der Waals surface area contributed by atoms with Gasteiger partial charge in [0.2, 0.25) is 0 Å². The Balaban J connectivity index is 1.67. The predicted molar refractivity (Wildman–Crippen MR) is 99.3 cm³/mol. The minimum Gasteiger partial charge on any atom is -0.497 e. The van der Waals surface area contributed by atoms with Crippen LogP contribution in [-0.2, 0) is 0 Å². The van der Waals surface area contributed by atoms with Gasteiger partial charge in [0.25, 0.3) is 5.91 Å². The number of nitrogens with zero attached hydrogens (tertiary/aromatic N) is 2. The molecule has 132 valence electrons. The van der Waals surface area contributed by atoms with Crippen molar-refractivity contribution in [2.24, 2.45) is 0 Å². The summed E-state index contributed by atoms with van der Waals surface area (Å²) in [5.74, 6) is 1.51. The summed E-state index contributed by atoms with van der Waals surface area (Å²) >= 11 is 0. The van der Waals surface area contributed by atoms with E-state index in [4.69, 9.17) is 9.47 Å². The minimum atomic E-state index is -0.363. The van der Waals surface area contributed by atoms with Gasteiger partial charge >= 0.3 is 0 Å². The molecule has 7 nitrogen and oxygen atoms in total.